The van der Waals surface area contributed by atoms with E-state index in [-0.39, 0.29) is 5.56 Å². The number of nitrogens with one attached hydrogen (secondary N) is 1. The van der Waals surface area contributed by atoms with E-state index >= 15 is 0 Å². The van der Waals surface area contributed by atoms with Crippen LogP contribution in [0.1, 0.15) is 12.0 Å². The van der Waals surface area contributed by atoms with Gasteiger partial charge in [-0.05, 0) is 24.5 Å². The van der Waals surface area contributed by atoms with Gasteiger partial charge < -0.3 is 4.74 Å². The third-order valence-corrected chi connectivity index (χ3v) is 4.30. The van der Waals surface area contributed by atoms with Crippen LogP contribution in [-0.4, -0.2) is 31.3 Å². The molecule has 28 heavy (non-hydrogen) atoms. The lowest BCUT2D eigenvalue weighted by Gasteiger charge is -2.07. The van der Waals surface area contributed by atoms with Crippen molar-refractivity contribution in [1.82, 2.24) is 24.7 Å². The molecule has 0 saturated heterocycles. The van der Waals surface area contributed by atoms with Crippen molar-refractivity contribution in [2.75, 3.05) is 6.61 Å². The van der Waals surface area contributed by atoms with Gasteiger partial charge in [-0.1, -0.05) is 36.4 Å². The Morgan fingerprint density at radius 1 is 1.07 bits per heavy atom. The van der Waals surface area contributed by atoms with Gasteiger partial charge in [0, 0.05) is 30.2 Å². The zero-order valence-corrected chi connectivity index (χ0v) is 15.2. The van der Waals surface area contributed by atoms with E-state index in [1.165, 1.54) is 16.6 Å². The van der Waals surface area contributed by atoms with Crippen LogP contribution in [0.5, 0.6) is 5.88 Å². The van der Waals surface area contributed by atoms with Gasteiger partial charge in [0.1, 0.15) is 6.33 Å². The Balaban J connectivity index is 1.44. The van der Waals surface area contributed by atoms with Gasteiger partial charge in [0.2, 0.25) is 5.88 Å². The molecular weight excluding hydrogens is 354 g/mol. The van der Waals surface area contributed by atoms with E-state index in [1.807, 2.05) is 24.3 Å². The molecule has 0 spiro atoms. The summed E-state index contributed by atoms with van der Waals surface area (Å²) < 4.78 is 7.09. The second kappa shape index (κ2) is 8.30. The molecule has 0 unspecified atom stereocenters. The zero-order valence-electron chi connectivity index (χ0n) is 15.2. The summed E-state index contributed by atoms with van der Waals surface area (Å²) in [7, 11) is 0. The predicted octanol–water partition coefficient (Wildman–Crippen LogP) is 3.03. The van der Waals surface area contributed by atoms with Crippen LogP contribution in [0, 0.1) is 0 Å². The number of ether oxygens (including phenoxy) is 1. The molecule has 0 aliphatic rings. The Morgan fingerprint density at radius 3 is 2.79 bits per heavy atom. The minimum atomic E-state index is -0.207. The van der Waals surface area contributed by atoms with E-state index in [0.717, 1.165) is 18.4 Å². The van der Waals surface area contributed by atoms with Gasteiger partial charge in [0.15, 0.2) is 5.82 Å². The fraction of sp³-hybridized carbons (Fsp3) is 0.143. The van der Waals surface area contributed by atoms with Crippen LogP contribution < -0.4 is 10.3 Å². The molecule has 0 saturated carbocycles. The first-order valence-electron chi connectivity index (χ1n) is 9.01. The molecule has 0 aliphatic heterocycles. The Labute approximate surface area is 161 Å². The SMILES string of the molecule is O=c1c(-c2cccnc2)c[nH]n1-c1cc(OCCCc2ccccc2)ncn1. The largest absolute Gasteiger partial charge is 0.478 e. The van der Waals surface area contributed by atoms with Gasteiger partial charge in [-0.25, -0.2) is 14.6 Å². The van der Waals surface area contributed by atoms with Crippen molar-refractivity contribution in [2.24, 2.45) is 0 Å². The number of aromatic amines is 1. The van der Waals surface area contributed by atoms with Crippen LogP contribution in [0.25, 0.3) is 16.9 Å². The van der Waals surface area contributed by atoms with E-state index in [1.54, 1.807) is 30.7 Å². The van der Waals surface area contributed by atoms with Crippen molar-refractivity contribution in [3.8, 4) is 22.8 Å². The molecular formula is C21H19N5O2. The fourth-order valence-corrected chi connectivity index (χ4v) is 2.90. The van der Waals surface area contributed by atoms with Crippen LogP contribution in [0.15, 0.2) is 78.2 Å². The van der Waals surface area contributed by atoms with Crippen molar-refractivity contribution in [3.05, 3.63) is 89.4 Å². The Kier molecular flexibility index (Phi) is 5.24. The van der Waals surface area contributed by atoms with Gasteiger partial charge >= 0.3 is 0 Å². The zero-order chi connectivity index (χ0) is 19.2. The van der Waals surface area contributed by atoms with Crippen LogP contribution in [0.4, 0.5) is 0 Å². The van der Waals surface area contributed by atoms with Gasteiger partial charge in [0.25, 0.3) is 5.56 Å². The van der Waals surface area contributed by atoms with Crippen LogP contribution in [0.3, 0.4) is 0 Å². The van der Waals surface area contributed by atoms with Crippen molar-refractivity contribution in [3.63, 3.8) is 0 Å². The molecule has 1 aromatic carbocycles. The first kappa shape index (κ1) is 17.7. The highest BCUT2D eigenvalue weighted by atomic mass is 16.5. The topological polar surface area (TPSA) is 85.7 Å². The highest BCUT2D eigenvalue weighted by Gasteiger charge is 2.11. The second-order valence-electron chi connectivity index (χ2n) is 6.22. The summed E-state index contributed by atoms with van der Waals surface area (Å²) in [6.45, 7) is 0.534. The Bertz CT molecular complexity index is 1090. The third kappa shape index (κ3) is 3.98. The summed E-state index contributed by atoms with van der Waals surface area (Å²) in [6.07, 6.45) is 8.15. The normalized spacial score (nSPS) is 10.7. The standard InChI is InChI=1S/C21H19N5O2/c27-21-18(17-9-4-10-22-13-17)14-25-26(21)19-12-20(24-15-23-19)28-11-5-8-16-6-2-1-3-7-16/h1-4,6-7,9-10,12-15,25H,5,8,11H2. The summed E-state index contributed by atoms with van der Waals surface area (Å²) in [5, 5.41) is 2.94. The average Bonchev–Trinajstić information content (AvgIpc) is 3.14. The monoisotopic (exact) mass is 373 g/mol. The summed E-state index contributed by atoms with van der Waals surface area (Å²) >= 11 is 0. The molecule has 7 heteroatoms. The number of benzene rings is 1. The number of aromatic nitrogens is 5. The molecule has 140 valence electrons. The number of pyridine rings is 1. The molecule has 3 aromatic heterocycles. The minimum absolute atomic E-state index is 0.207. The molecule has 4 aromatic rings. The summed E-state index contributed by atoms with van der Waals surface area (Å²) in [4.78, 5) is 25.1. The highest BCUT2D eigenvalue weighted by molar-refractivity contribution is 5.60. The lowest BCUT2D eigenvalue weighted by Crippen LogP contribution is -2.17. The number of H-pyrrole nitrogens is 1. The minimum Gasteiger partial charge on any atom is -0.478 e. The maximum atomic E-state index is 12.7. The Morgan fingerprint density at radius 2 is 1.96 bits per heavy atom. The van der Waals surface area contributed by atoms with Gasteiger partial charge in [-0.3, -0.25) is 14.9 Å². The fourth-order valence-electron chi connectivity index (χ4n) is 2.90. The second-order valence-corrected chi connectivity index (χ2v) is 6.22. The third-order valence-electron chi connectivity index (χ3n) is 4.30. The first-order chi connectivity index (χ1) is 13.8. The molecule has 7 nitrogen and oxygen atoms in total. The van der Waals surface area contributed by atoms with E-state index in [0.29, 0.717) is 23.9 Å². The van der Waals surface area contributed by atoms with Crippen molar-refractivity contribution >= 4 is 0 Å². The average molecular weight is 373 g/mol. The number of hydrogen-bond donors (Lipinski definition) is 1. The molecule has 0 amide bonds. The molecule has 1 N–H and O–H groups in total. The Hall–Kier alpha value is -3.74. The van der Waals surface area contributed by atoms with Crippen LogP contribution in [-0.2, 0) is 6.42 Å². The van der Waals surface area contributed by atoms with Crippen LogP contribution in [0.2, 0.25) is 0 Å². The van der Waals surface area contributed by atoms with E-state index in [9.17, 15) is 4.79 Å². The molecule has 4 rings (SSSR count). The maximum Gasteiger partial charge on any atom is 0.280 e. The lowest BCUT2D eigenvalue weighted by molar-refractivity contribution is 0.298. The van der Waals surface area contributed by atoms with Crippen molar-refractivity contribution in [2.45, 2.75) is 12.8 Å². The van der Waals surface area contributed by atoms with E-state index < -0.39 is 0 Å². The van der Waals surface area contributed by atoms with E-state index in [2.05, 4.69) is 32.2 Å². The van der Waals surface area contributed by atoms with Crippen LogP contribution >= 0.6 is 0 Å². The molecule has 0 bridgehead atoms. The van der Waals surface area contributed by atoms with Crippen molar-refractivity contribution < 1.29 is 4.74 Å². The maximum absolute atomic E-state index is 12.7. The van der Waals surface area contributed by atoms with Crippen molar-refractivity contribution in [1.29, 1.82) is 0 Å². The smallest absolute Gasteiger partial charge is 0.280 e. The lowest BCUT2D eigenvalue weighted by atomic mass is 10.1. The van der Waals surface area contributed by atoms with E-state index in [4.69, 9.17) is 4.74 Å². The first-order valence-corrected chi connectivity index (χ1v) is 9.01. The number of aryl methyl sites for hydroxylation is 1. The highest BCUT2D eigenvalue weighted by Crippen LogP contribution is 2.15. The quantitative estimate of drug-likeness (QED) is 0.503. The molecule has 0 aliphatic carbocycles. The molecule has 0 radical (unpaired) electrons. The predicted molar refractivity (Wildman–Crippen MR) is 105 cm³/mol. The van der Waals surface area contributed by atoms with Gasteiger partial charge in [0.05, 0.1) is 12.2 Å². The summed E-state index contributed by atoms with van der Waals surface area (Å²) in [6, 6.07) is 15.5. The number of nitrogens with zero attached hydrogens (tertiary/aromatic N) is 4. The molecule has 0 atom stereocenters. The number of rotatable bonds is 7. The molecule has 0 fully saturated rings. The van der Waals surface area contributed by atoms with Gasteiger partial charge in [-0.15, -0.1) is 0 Å². The molecule has 3 heterocycles. The summed E-state index contributed by atoms with van der Waals surface area (Å²) in [5.41, 5.74) is 2.34. The summed E-state index contributed by atoms with van der Waals surface area (Å²) in [5.74, 6) is 0.857. The number of hydrogen-bond acceptors (Lipinski definition) is 5. The van der Waals surface area contributed by atoms with Gasteiger partial charge in [-0.2, -0.15) is 0 Å².